The molecular weight excluding hydrogens is 452 g/mol. The second-order valence-electron chi connectivity index (χ2n) is 12.0. The summed E-state index contributed by atoms with van der Waals surface area (Å²) in [6.07, 6.45) is 13.7. The van der Waals surface area contributed by atoms with Crippen LogP contribution in [0.3, 0.4) is 0 Å². The van der Waals surface area contributed by atoms with Crippen LogP contribution < -0.4 is 5.32 Å². The van der Waals surface area contributed by atoms with Gasteiger partial charge in [-0.15, -0.1) is 0 Å². The largest absolute Gasteiger partial charge is 0.508 e. The zero-order valence-electron chi connectivity index (χ0n) is 21.8. The van der Waals surface area contributed by atoms with Crippen molar-refractivity contribution in [2.24, 2.45) is 33.7 Å². The van der Waals surface area contributed by atoms with E-state index in [0.29, 0.717) is 30.7 Å². The fourth-order valence-electron chi connectivity index (χ4n) is 7.73. The molecule has 6 heteroatoms. The quantitative estimate of drug-likeness (QED) is 0.492. The van der Waals surface area contributed by atoms with Gasteiger partial charge in [-0.2, -0.15) is 0 Å². The summed E-state index contributed by atoms with van der Waals surface area (Å²) in [6.45, 7) is 7.16. The van der Waals surface area contributed by atoms with E-state index in [4.69, 9.17) is 4.84 Å². The van der Waals surface area contributed by atoms with Gasteiger partial charge in [-0.25, -0.2) is 0 Å². The van der Waals surface area contributed by atoms with Crippen LogP contribution in [0.2, 0.25) is 0 Å². The molecule has 0 aliphatic heterocycles. The standard InChI is InChI=1S/C30H40N2O4/c1-28-14-10-22(32-36-19-27(34)31-17-13-20-4-7-23(33)8-5-20)18-21(28)6-9-24-25(28)11-15-29(2)26(24)12-16-30(29,3)35/h4-5,7-8,10,14,18,24-26,33,35H,6,9,11-13,15-17,19H2,1-3H3,(H,31,34)/t24?,25?,26?,28-,29-,30-/m0/s1. The van der Waals surface area contributed by atoms with Crippen LogP contribution in [0.15, 0.2) is 53.2 Å². The Hall–Kier alpha value is -2.60. The van der Waals surface area contributed by atoms with Gasteiger partial charge in [-0.1, -0.05) is 42.8 Å². The molecule has 0 saturated heterocycles. The molecule has 0 radical (unpaired) electrons. The normalized spacial score (nSPS) is 38.1. The highest BCUT2D eigenvalue weighted by Gasteiger charge is 2.61. The van der Waals surface area contributed by atoms with Gasteiger partial charge in [0, 0.05) is 12.0 Å². The number of carbonyl (C=O) groups excluding carboxylic acids is 1. The number of fused-ring (bicyclic) bond motifs is 5. The minimum Gasteiger partial charge on any atom is -0.508 e. The molecule has 4 aliphatic rings. The average Bonchev–Trinajstić information content (AvgIpc) is 3.09. The summed E-state index contributed by atoms with van der Waals surface area (Å²) in [7, 11) is 0. The van der Waals surface area contributed by atoms with E-state index >= 15 is 0 Å². The Kier molecular flexibility index (Phi) is 6.52. The third kappa shape index (κ3) is 4.38. The van der Waals surface area contributed by atoms with Crippen molar-refractivity contribution in [3.8, 4) is 5.75 Å². The number of nitrogens with zero attached hydrogens (tertiary/aromatic N) is 1. The molecular formula is C30H40N2O4. The van der Waals surface area contributed by atoms with Crippen molar-refractivity contribution in [2.45, 2.75) is 71.3 Å². The number of carbonyl (C=O) groups is 1. The zero-order valence-corrected chi connectivity index (χ0v) is 21.8. The molecule has 0 bridgehead atoms. The molecule has 6 nitrogen and oxygen atoms in total. The van der Waals surface area contributed by atoms with Crippen molar-refractivity contribution in [2.75, 3.05) is 13.2 Å². The van der Waals surface area contributed by atoms with E-state index in [9.17, 15) is 15.0 Å². The maximum Gasteiger partial charge on any atom is 0.260 e. The van der Waals surface area contributed by atoms with Gasteiger partial charge in [0.25, 0.3) is 5.91 Å². The summed E-state index contributed by atoms with van der Waals surface area (Å²) in [5, 5.41) is 27.5. The number of amides is 1. The predicted molar refractivity (Wildman–Crippen MR) is 140 cm³/mol. The third-order valence-corrected chi connectivity index (χ3v) is 10.2. The van der Waals surface area contributed by atoms with E-state index in [1.807, 2.05) is 18.2 Å². The molecule has 3 N–H and O–H groups in total. The smallest absolute Gasteiger partial charge is 0.260 e. The van der Waals surface area contributed by atoms with Gasteiger partial charge >= 0.3 is 0 Å². The lowest BCUT2D eigenvalue weighted by Crippen LogP contribution is -2.53. The minimum absolute atomic E-state index is 0.0311. The van der Waals surface area contributed by atoms with Crippen LogP contribution in [-0.4, -0.2) is 40.6 Å². The Bertz CT molecular complexity index is 1090. The highest BCUT2D eigenvalue weighted by Crippen LogP contribution is 2.66. The van der Waals surface area contributed by atoms with Gasteiger partial charge in [0.1, 0.15) is 11.5 Å². The van der Waals surface area contributed by atoms with E-state index < -0.39 is 5.60 Å². The van der Waals surface area contributed by atoms with Crippen LogP contribution >= 0.6 is 0 Å². The first-order valence-electron chi connectivity index (χ1n) is 13.5. The Balaban J connectivity index is 1.15. The molecule has 194 valence electrons. The topological polar surface area (TPSA) is 91.2 Å². The fraction of sp³-hybridized carbons (Fsp3) is 0.600. The average molecular weight is 493 g/mol. The second kappa shape index (κ2) is 9.37. The van der Waals surface area contributed by atoms with Crippen molar-refractivity contribution in [1.29, 1.82) is 0 Å². The van der Waals surface area contributed by atoms with Gasteiger partial charge in [0.2, 0.25) is 0 Å². The summed E-state index contributed by atoms with van der Waals surface area (Å²) in [5.74, 6) is 1.89. The Labute approximate surface area is 214 Å². The highest BCUT2D eigenvalue weighted by atomic mass is 16.6. The number of nitrogens with one attached hydrogen (secondary N) is 1. The SMILES string of the molecule is C[C@]12C=CC(=NOCC(=O)NCCc3ccc(O)cc3)C=C1CCC1C2CC[C@@]2(C)C1CC[C@]2(C)O. The number of aromatic hydroxyl groups is 1. The van der Waals surface area contributed by atoms with Crippen molar-refractivity contribution in [3.63, 3.8) is 0 Å². The number of oxime groups is 1. The molecule has 3 fully saturated rings. The number of allylic oxidation sites excluding steroid dienone is 4. The number of phenolic OH excluding ortho intramolecular Hbond substituents is 1. The molecule has 5 rings (SSSR count). The van der Waals surface area contributed by atoms with Crippen molar-refractivity contribution >= 4 is 11.6 Å². The molecule has 36 heavy (non-hydrogen) atoms. The summed E-state index contributed by atoms with van der Waals surface area (Å²) < 4.78 is 0. The first kappa shape index (κ1) is 25.1. The molecule has 3 unspecified atom stereocenters. The summed E-state index contributed by atoms with van der Waals surface area (Å²) >= 11 is 0. The number of hydrogen-bond acceptors (Lipinski definition) is 5. The van der Waals surface area contributed by atoms with Gasteiger partial charge in [0.05, 0.1) is 5.60 Å². The molecule has 0 aromatic heterocycles. The van der Waals surface area contributed by atoms with Crippen LogP contribution in [0.5, 0.6) is 5.75 Å². The molecule has 0 spiro atoms. The zero-order chi connectivity index (χ0) is 25.6. The maximum absolute atomic E-state index is 12.1. The van der Waals surface area contributed by atoms with Crippen LogP contribution in [0.1, 0.15) is 64.9 Å². The van der Waals surface area contributed by atoms with E-state index in [2.05, 4.69) is 43.4 Å². The lowest BCUT2D eigenvalue weighted by Gasteiger charge is -2.58. The lowest BCUT2D eigenvalue weighted by atomic mass is 9.47. The monoisotopic (exact) mass is 492 g/mol. The van der Waals surface area contributed by atoms with Crippen LogP contribution in [-0.2, 0) is 16.1 Å². The molecule has 4 aliphatic carbocycles. The Morgan fingerprint density at radius 1 is 1.11 bits per heavy atom. The molecule has 1 aromatic carbocycles. The molecule has 6 atom stereocenters. The first-order valence-corrected chi connectivity index (χ1v) is 13.5. The van der Waals surface area contributed by atoms with Crippen molar-refractivity contribution in [3.05, 3.63) is 53.6 Å². The predicted octanol–water partition coefficient (Wildman–Crippen LogP) is 4.91. The highest BCUT2D eigenvalue weighted by molar-refractivity contribution is 6.05. The van der Waals surface area contributed by atoms with E-state index in [1.165, 1.54) is 12.0 Å². The van der Waals surface area contributed by atoms with Gasteiger partial charge in [-0.05, 0) is 105 Å². The first-order chi connectivity index (χ1) is 17.1. The second-order valence-corrected chi connectivity index (χ2v) is 12.0. The molecule has 1 aromatic rings. The number of rotatable bonds is 6. The maximum atomic E-state index is 12.1. The number of aliphatic hydroxyl groups is 1. The number of benzene rings is 1. The third-order valence-electron chi connectivity index (χ3n) is 10.2. The summed E-state index contributed by atoms with van der Waals surface area (Å²) in [6, 6.07) is 6.98. The number of phenols is 1. The minimum atomic E-state index is -0.545. The van der Waals surface area contributed by atoms with Gasteiger partial charge in [0.15, 0.2) is 6.61 Å². The van der Waals surface area contributed by atoms with Gasteiger partial charge in [-0.3, -0.25) is 4.79 Å². The van der Waals surface area contributed by atoms with E-state index in [-0.39, 0.29) is 29.1 Å². The summed E-state index contributed by atoms with van der Waals surface area (Å²) in [4.78, 5) is 17.5. The Morgan fingerprint density at radius 3 is 2.64 bits per heavy atom. The van der Waals surface area contributed by atoms with Gasteiger partial charge < -0.3 is 20.4 Å². The van der Waals surface area contributed by atoms with Crippen LogP contribution in [0, 0.1) is 28.6 Å². The van der Waals surface area contributed by atoms with E-state index in [1.54, 1.807) is 12.1 Å². The number of hydrogen-bond donors (Lipinski definition) is 3. The van der Waals surface area contributed by atoms with Crippen molar-refractivity contribution in [1.82, 2.24) is 5.32 Å². The molecule has 1 amide bonds. The molecule has 0 heterocycles. The summed E-state index contributed by atoms with van der Waals surface area (Å²) in [5.41, 5.74) is 2.75. The van der Waals surface area contributed by atoms with Crippen LogP contribution in [0.25, 0.3) is 0 Å². The van der Waals surface area contributed by atoms with E-state index in [0.717, 1.165) is 43.4 Å². The molecule has 3 saturated carbocycles. The fourth-order valence-corrected chi connectivity index (χ4v) is 7.73. The lowest BCUT2D eigenvalue weighted by molar-refractivity contribution is -0.125. The van der Waals surface area contributed by atoms with Crippen molar-refractivity contribution < 1.29 is 19.8 Å². The van der Waals surface area contributed by atoms with Crippen LogP contribution in [0.4, 0.5) is 0 Å². The Morgan fingerprint density at radius 2 is 1.86 bits per heavy atom.